The lowest BCUT2D eigenvalue weighted by atomic mass is 9.98. The van der Waals surface area contributed by atoms with Gasteiger partial charge in [0.25, 0.3) is 0 Å². The first kappa shape index (κ1) is 23.5. The molecule has 0 unspecified atom stereocenters. The molecule has 4 nitrogen and oxygen atoms in total. The summed E-state index contributed by atoms with van der Waals surface area (Å²) < 4.78 is 79.0. The van der Waals surface area contributed by atoms with Crippen LogP contribution in [0.25, 0.3) is 0 Å². The van der Waals surface area contributed by atoms with Gasteiger partial charge in [0.15, 0.2) is 0 Å². The SMILES string of the molecule is CC(C)[C@H](C)NC(=O)N[C@@H](c1ccc(C(F)(F)F)cc1)c1ncccc1C(F)(F)F. The molecule has 1 heterocycles. The summed E-state index contributed by atoms with van der Waals surface area (Å²) >= 11 is 0. The van der Waals surface area contributed by atoms with Crippen LogP contribution < -0.4 is 10.6 Å². The highest BCUT2D eigenvalue weighted by atomic mass is 19.4. The van der Waals surface area contributed by atoms with E-state index in [4.69, 9.17) is 0 Å². The van der Waals surface area contributed by atoms with Gasteiger partial charge in [-0.2, -0.15) is 26.3 Å². The molecule has 0 aliphatic heterocycles. The van der Waals surface area contributed by atoms with Crippen molar-refractivity contribution >= 4 is 6.03 Å². The number of benzene rings is 1. The molecule has 2 atom stereocenters. The smallest absolute Gasteiger partial charge is 0.335 e. The second-order valence-electron chi connectivity index (χ2n) is 7.14. The number of nitrogens with zero attached hydrogens (tertiary/aromatic N) is 1. The largest absolute Gasteiger partial charge is 0.418 e. The highest BCUT2D eigenvalue weighted by Gasteiger charge is 2.37. The minimum absolute atomic E-state index is 0.0274. The number of urea groups is 1. The van der Waals surface area contributed by atoms with E-state index in [1.165, 1.54) is 0 Å². The first-order chi connectivity index (χ1) is 13.8. The van der Waals surface area contributed by atoms with Crippen LogP contribution in [0.5, 0.6) is 0 Å². The van der Waals surface area contributed by atoms with E-state index >= 15 is 0 Å². The average Bonchev–Trinajstić information content (AvgIpc) is 2.64. The van der Waals surface area contributed by atoms with E-state index in [0.29, 0.717) is 0 Å². The summed E-state index contributed by atoms with van der Waals surface area (Å²) in [7, 11) is 0. The van der Waals surface area contributed by atoms with Gasteiger partial charge < -0.3 is 10.6 Å². The van der Waals surface area contributed by atoms with Crippen molar-refractivity contribution < 1.29 is 31.1 Å². The Labute approximate surface area is 169 Å². The standard InChI is InChI=1S/C20H21F6N3O/c1-11(2)12(3)28-18(30)29-16(13-6-8-14(9-7-13)19(21,22)23)17-15(20(24,25)26)5-4-10-27-17/h4-12,16H,1-3H3,(H2,28,29,30)/t12-,16-/m0/s1. The number of amides is 2. The Balaban J connectivity index is 2.48. The topological polar surface area (TPSA) is 54.0 Å². The van der Waals surface area contributed by atoms with Crippen LogP contribution in [-0.2, 0) is 12.4 Å². The van der Waals surface area contributed by atoms with Crippen LogP contribution in [-0.4, -0.2) is 17.1 Å². The molecule has 10 heteroatoms. The predicted octanol–water partition coefficient (Wildman–Crippen LogP) is 5.55. The lowest BCUT2D eigenvalue weighted by molar-refractivity contribution is -0.139. The second-order valence-corrected chi connectivity index (χ2v) is 7.14. The van der Waals surface area contributed by atoms with Gasteiger partial charge in [-0.15, -0.1) is 0 Å². The van der Waals surface area contributed by atoms with E-state index in [-0.39, 0.29) is 17.5 Å². The molecule has 1 aromatic carbocycles. The molecular formula is C20H21F6N3O. The average molecular weight is 433 g/mol. The Morgan fingerprint density at radius 1 is 0.900 bits per heavy atom. The number of hydrogen-bond donors (Lipinski definition) is 2. The van der Waals surface area contributed by atoms with Gasteiger partial charge in [0, 0.05) is 12.2 Å². The van der Waals surface area contributed by atoms with Crippen molar-refractivity contribution in [2.45, 2.75) is 45.2 Å². The number of carbonyl (C=O) groups excluding carboxylic acids is 1. The Bertz CT molecular complexity index is 862. The molecule has 0 bridgehead atoms. The maximum atomic E-state index is 13.5. The lowest BCUT2D eigenvalue weighted by Gasteiger charge is -2.25. The van der Waals surface area contributed by atoms with E-state index < -0.39 is 41.2 Å². The predicted molar refractivity (Wildman–Crippen MR) is 98.5 cm³/mol. The molecular weight excluding hydrogens is 412 g/mol. The minimum Gasteiger partial charge on any atom is -0.335 e. The van der Waals surface area contributed by atoms with E-state index in [2.05, 4.69) is 15.6 Å². The van der Waals surface area contributed by atoms with Crippen molar-refractivity contribution in [2.75, 3.05) is 0 Å². The summed E-state index contributed by atoms with van der Waals surface area (Å²) in [5.41, 5.74) is -2.54. The van der Waals surface area contributed by atoms with E-state index in [1.54, 1.807) is 6.92 Å². The number of pyridine rings is 1. The van der Waals surface area contributed by atoms with Crippen LogP contribution in [0.3, 0.4) is 0 Å². The Hall–Kier alpha value is -2.78. The van der Waals surface area contributed by atoms with Crippen molar-refractivity contribution in [3.8, 4) is 0 Å². The number of rotatable bonds is 5. The fourth-order valence-corrected chi connectivity index (χ4v) is 2.61. The van der Waals surface area contributed by atoms with Gasteiger partial charge in [0.05, 0.1) is 22.9 Å². The van der Waals surface area contributed by atoms with Gasteiger partial charge >= 0.3 is 18.4 Å². The first-order valence-corrected chi connectivity index (χ1v) is 9.07. The molecule has 0 saturated heterocycles. The zero-order chi connectivity index (χ0) is 22.7. The molecule has 0 aliphatic rings. The molecule has 1 aromatic heterocycles. The second kappa shape index (κ2) is 8.93. The molecule has 30 heavy (non-hydrogen) atoms. The van der Waals surface area contributed by atoms with Crippen molar-refractivity contribution in [2.24, 2.45) is 5.92 Å². The Kier molecular flexibility index (Phi) is 6.99. The first-order valence-electron chi connectivity index (χ1n) is 9.07. The van der Waals surface area contributed by atoms with Gasteiger partial charge in [-0.1, -0.05) is 26.0 Å². The van der Waals surface area contributed by atoms with Crippen molar-refractivity contribution in [3.05, 3.63) is 65.0 Å². The van der Waals surface area contributed by atoms with Gasteiger partial charge in [-0.25, -0.2) is 4.79 Å². The van der Waals surface area contributed by atoms with Crippen molar-refractivity contribution in [3.63, 3.8) is 0 Å². The third-order valence-electron chi connectivity index (χ3n) is 4.62. The Morgan fingerprint density at radius 2 is 1.50 bits per heavy atom. The zero-order valence-electron chi connectivity index (χ0n) is 16.4. The monoisotopic (exact) mass is 433 g/mol. The van der Waals surface area contributed by atoms with E-state index in [0.717, 1.165) is 42.6 Å². The number of hydrogen-bond acceptors (Lipinski definition) is 2. The summed E-state index contributed by atoms with van der Waals surface area (Å²) in [4.78, 5) is 16.2. The molecule has 2 aromatic rings. The third kappa shape index (κ3) is 5.87. The summed E-state index contributed by atoms with van der Waals surface area (Å²) in [6.45, 7) is 5.41. The molecule has 0 spiro atoms. The molecule has 0 saturated carbocycles. The summed E-state index contributed by atoms with van der Waals surface area (Å²) in [6.07, 6.45) is -8.25. The normalized spacial score (nSPS) is 14.3. The highest BCUT2D eigenvalue weighted by Crippen LogP contribution is 2.36. The van der Waals surface area contributed by atoms with Crippen LogP contribution in [0.4, 0.5) is 31.1 Å². The van der Waals surface area contributed by atoms with Gasteiger partial charge in [-0.3, -0.25) is 4.98 Å². The molecule has 164 valence electrons. The van der Waals surface area contributed by atoms with Gasteiger partial charge in [0.2, 0.25) is 0 Å². The molecule has 2 amide bonds. The zero-order valence-corrected chi connectivity index (χ0v) is 16.4. The molecule has 2 N–H and O–H groups in total. The fourth-order valence-electron chi connectivity index (χ4n) is 2.61. The number of nitrogens with one attached hydrogen (secondary N) is 2. The Morgan fingerprint density at radius 3 is 2.00 bits per heavy atom. The van der Waals surface area contributed by atoms with Gasteiger partial charge in [-0.05, 0) is 42.7 Å². The maximum absolute atomic E-state index is 13.5. The van der Waals surface area contributed by atoms with Crippen LogP contribution in [0.15, 0.2) is 42.6 Å². The molecule has 2 rings (SSSR count). The third-order valence-corrected chi connectivity index (χ3v) is 4.62. The highest BCUT2D eigenvalue weighted by molar-refractivity contribution is 5.75. The molecule has 0 radical (unpaired) electrons. The summed E-state index contributed by atoms with van der Waals surface area (Å²) in [5, 5.41) is 5.02. The van der Waals surface area contributed by atoms with Crippen LogP contribution >= 0.6 is 0 Å². The minimum atomic E-state index is -4.77. The van der Waals surface area contributed by atoms with Crippen LogP contribution in [0, 0.1) is 5.92 Å². The number of alkyl halides is 6. The molecule has 0 aliphatic carbocycles. The maximum Gasteiger partial charge on any atom is 0.418 e. The van der Waals surface area contributed by atoms with Crippen molar-refractivity contribution in [1.82, 2.24) is 15.6 Å². The number of halogens is 6. The van der Waals surface area contributed by atoms with E-state index in [9.17, 15) is 31.1 Å². The van der Waals surface area contributed by atoms with E-state index in [1.807, 2.05) is 13.8 Å². The summed E-state index contributed by atoms with van der Waals surface area (Å²) in [6, 6.07) is 2.97. The fraction of sp³-hybridized carbons (Fsp3) is 0.400. The number of aromatic nitrogens is 1. The van der Waals surface area contributed by atoms with Gasteiger partial charge in [0.1, 0.15) is 0 Å². The lowest BCUT2D eigenvalue weighted by Crippen LogP contribution is -2.45. The molecule has 0 fully saturated rings. The quantitative estimate of drug-likeness (QED) is 0.608. The van der Waals surface area contributed by atoms with Crippen LogP contribution in [0.2, 0.25) is 0 Å². The number of carbonyl (C=O) groups is 1. The summed E-state index contributed by atoms with van der Waals surface area (Å²) in [5.74, 6) is 0.0563. The van der Waals surface area contributed by atoms with Crippen molar-refractivity contribution in [1.29, 1.82) is 0 Å². The van der Waals surface area contributed by atoms with Crippen LogP contribution in [0.1, 0.15) is 49.2 Å².